The molecule has 2 aliphatic rings. The Morgan fingerprint density at radius 3 is 1.29 bits per heavy atom. The van der Waals surface area contributed by atoms with Gasteiger partial charge in [-0.05, 0) is 27.7 Å². The van der Waals surface area contributed by atoms with Gasteiger partial charge in [-0.2, -0.15) is 0 Å². The van der Waals surface area contributed by atoms with Crippen LogP contribution >= 0.6 is 0 Å². The van der Waals surface area contributed by atoms with Gasteiger partial charge >= 0.3 is 133 Å². The fourth-order valence-corrected chi connectivity index (χ4v) is 9.59. The van der Waals surface area contributed by atoms with Crippen LogP contribution in [0.15, 0.2) is 42.1 Å². The Kier molecular flexibility index (Phi) is 14.4. The van der Waals surface area contributed by atoms with E-state index in [0.717, 1.165) is 11.8 Å². The third-order valence-corrected chi connectivity index (χ3v) is 12.0. The van der Waals surface area contributed by atoms with Crippen LogP contribution in [0.5, 0.6) is 0 Å². The average Bonchev–Trinajstić information content (AvgIpc) is 3.13. The van der Waals surface area contributed by atoms with Crippen molar-refractivity contribution >= 4 is 4.26 Å². The van der Waals surface area contributed by atoms with E-state index in [-0.39, 0.29) is 12.2 Å². The minimum absolute atomic E-state index is 0.167. The van der Waals surface area contributed by atoms with Crippen LogP contribution in [0.3, 0.4) is 0 Å². The van der Waals surface area contributed by atoms with Crippen LogP contribution in [-0.2, 0) is 21.0 Å². The minimum atomic E-state index is -1.90. The number of hydrogen-bond donors (Lipinski definition) is 2. The Labute approximate surface area is 182 Å². The van der Waals surface area contributed by atoms with Gasteiger partial charge in [0.15, 0.2) is 0 Å². The van der Waals surface area contributed by atoms with Crippen molar-refractivity contribution < 1.29 is 31.2 Å². The third-order valence-electron chi connectivity index (χ3n) is 3.95. The Morgan fingerprint density at radius 1 is 0.750 bits per heavy atom. The van der Waals surface area contributed by atoms with E-state index in [4.69, 9.17) is 10.2 Å². The number of rotatable bonds is 6. The van der Waals surface area contributed by atoms with Gasteiger partial charge in [-0.15, -0.1) is 0 Å². The molecule has 0 fully saturated rings. The van der Waals surface area contributed by atoms with Crippen LogP contribution in [0.1, 0.15) is 81.1 Å². The zero-order valence-corrected chi connectivity index (χ0v) is 23.1. The molecular formula is C25H44HfO2. The van der Waals surface area contributed by atoms with Gasteiger partial charge < -0.3 is 10.2 Å². The summed E-state index contributed by atoms with van der Waals surface area (Å²) in [6, 6.07) is 0. The predicted octanol–water partition coefficient (Wildman–Crippen LogP) is 6.33. The van der Waals surface area contributed by atoms with Crippen molar-refractivity contribution in [1.82, 2.24) is 0 Å². The molecule has 0 unspecified atom stereocenters. The van der Waals surface area contributed by atoms with Gasteiger partial charge in [0.2, 0.25) is 0 Å². The molecule has 28 heavy (non-hydrogen) atoms. The number of hydrogen-bond acceptors (Lipinski definition) is 2. The topological polar surface area (TPSA) is 40.5 Å². The van der Waals surface area contributed by atoms with Gasteiger partial charge in [0, 0.05) is 12.2 Å². The first-order chi connectivity index (χ1) is 12.9. The van der Waals surface area contributed by atoms with Crippen LogP contribution in [0.25, 0.3) is 0 Å². The van der Waals surface area contributed by atoms with Crippen molar-refractivity contribution in [3.8, 4) is 0 Å². The monoisotopic (exact) mass is 556 g/mol. The molecule has 0 radical (unpaired) electrons. The van der Waals surface area contributed by atoms with Gasteiger partial charge in [-0.25, -0.2) is 0 Å². The summed E-state index contributed by atoms with van der Waals surface area (Å²) in [5.74, 6) is 1.53. The number of aliphatic hydroxyl groups excluding tert-OH is 2. The Balaban J connectivity index is 0.000000776. The molecule has 160 valence electrons. The summed E-state index contributed by atoms with van der Waals surface area (Å²) >= 11 is -1.90. The zero-order valence-electron chi connectivity index (χ0n) is 19.5. The van der Waals surface area contributed by atoms with Crippen LogP contribution in [0.4, 0.5) is 0 Å². The standard InChI is InChI=1S/2C9H13.2C3H8O.CH2.Hf/c2*1-8(2)7-9-5-3-4-6-9;2*1-3(2)4;;/h2*5-6,8H,3,7H2,1-2H3;2*3-4H,1-2H3;1H2;. The van der Waals surface area contributed by atoms with E-state index in [9.17, 15) is 0 Å². The quantitative estimate of drug-likeness (QED) is 0.377. The van der Waals surface area contributed by atoms with Crippen molar-refractivity contribution in [3.63, 3.8) is 0 Å². The second-order valence-corrected chi connectivity index (χ2v) is 17.2. The van der Waals surface area contributed by atoms with E-state index in [0.29, 0.717) is 0 Å². The van der Waals surface area contributed by atoms with Crippen molar-refractivity contribution in [3.05, 3.63) is 42.1 Å². The SMILES string of the molecule is CC(C)O.CC(C)O.[CH2]=[Hf]([C]1=CC(CC(C)C)=CC1)[C]1=CC(CC(C)C)=CC1. The molecule has 0 saturated heterocycles. The van der Waals surface area contributed by atoms with Crippen LogP contribution in [-0.4, -0.2) is 26.7 Å². The van der Waals surface area contributed by atoms with Crippen LogP contribution in [0, 0.1) is 11.8 Å². The summed E-state index contributed by atoms with van der Waals surface area (Å²) < 4.78 is 8.08. The van der Waals surface area contributed by atoms with Gasteiger partial charge in [0.1, 0.15) is 0 Å². The Hall–Kier alpha value is -0.380. The molecule has 2 N–H and O–H groups in total. The average molecular weight is 555 g/mol. The molecule has 0 bridgehead atoms. The first kappa shape index (κ1) is 27.6. The van der Waals surface area contributed by atoms with Crippen molar-refractivity contribution in [1.29, 1.82) is 0 Å². The molecule has 0 amide bonds. The predicted molar refractivity (Wildman–Crippen MR) is 122 cm³/mol. The van der Waals surface area contributed by atoms with E-state index in [1.165, 1.54) is 25.7 Å². The van der Waals surface area contributed by atoms with E-state index < -0.39 is 21.0 Å². The molecule has 0 aromatic rings. The zero-order chi connectivity index (χ0) is 21.9. The molecule has 2 nitrogen and oxygen atoms in total. The molecule has 3 heteroatoms. The number of aliphatic hydroxyl groups is 2. The van der Waals surface area contributed by atoms with Gasteiger partial charge in [-0.3, -0.25) is 0 Å². The van der Waals surface area contributed by atoms with Crippen molar-refractivity contribution in [2.75, 3.05) is 0 Å². The van der Waals surface area contributed by atoms with Crippen molar-refractivity contribution in [2.24, 2.45) is 11.8 Å². The summed E-state index contributed by atoms with van der Waals surface area (Å²) in [6.07, 6.45) is 14.4. The molecule has 0 spiro atoms. The Bertz CT molecular complexity index is 545. The fourth-order valence-electron chi connectivity index (χ4n) is 3.02. The number of allylic oxidation sites excluding steroid dienone is 8. The molecule has 0 heterocycles. The third kappa shape index (κ3) is 13.7. The Morgan fingerprint density at radius 2 is 1.04 bits per heavy atom. The molecule has 2 aliphatic carbocycles. The molecule has 2 rings (SSSR count). The molecule has 0 aromatic heterocycles. The second kappa shape index (κ2) is 14.6. The van der Waals surface area contributed by atoms with Crippen LogP contribution in [0.2, 0.25) is 0 Å². The maximum absolute atomic E-state index is 8.06. The molecule has 0 saturated carbocycles. The summed E-state index contributed by atoms with van der Waals surface area (Å²) in [6.45, 7) is 16.1. The molecule has 0 aliphatic heterocycles. The first-order valence-corrected chi connectivity index (χ1v) is 16.9. The molecular weight excluding hydrogens is 511 g/mol. The van der Waals surface area contributed by atoms with Crippen LogP contribution < -0.4 is 0 Å². The van der Waals surface area contributed by atoms with E-state index >= 15 is 0 Å². The summed E-state index contributed by atoms with van der Waals surface area (Å²) in [5.41, 5.74) is 3.13. The van der Waals surface area contributed by atoms with Gasteiger partial charge in [0.25, 0.3) is 0 Å². The van der Waals surface area contributed by atoms with Gasteiger partial charge in [0.05, 0.1) is 0 Å². The summed E-state index contributed by atoms with van der Waals surface area (Å²) in [4.78, 5) is 0. The summed E-state index contributed by atoms with van der Waals surface area (Å²) in [7, 11) is 0. The van der Waals surface area contributed by atoms with E-state index in [1.54, 1.807) is 45.5 Å². The molecule has 0 aromatic carbocycles. The normalized spacial score (nSPS) is 15.6. The second-order valence-electron chi connectivity index (χ2n) is 9.17. The fraction of sp³-hybridized carbons (Fsp3) is 0.640. The van der Waals surface area contributed by atoms with E-state index in [2.05, 4.69) is 56.3 Å². The first-order valence-electron chi connectivity index (χ1n) is 10.8. The van der Waals surface area contributed by atoms with Gasteiger partial charge in [-0.1, -0.05) is 0 Å². The van der Waals surface area contributed by atoms with Crippen molar-refractivity contribution in [2.45, 2.75) is 93.3 Å². The molecule has 0 atom stereocenters. The summed E-state index contributed by atoms with van der Waals surface area (Å²) in [5, 5.41) is 16.1. The van der Waals surface area contributed by atoms with E-state index in [1.807, 2.05) is 0 Å². The maximum atomic E-state index is 8.06.